The first-order valence-electron chi connectivity index (χ1n) is 7.20. The lowest BCUT2D eigenvalue weighted by Crippen LogP contribution is -2.28. The molecule has 0 atom stereocenters. The average Bonchev–Trinajstić information content (AvgIpc) is 2.87. The Kier molecular flexibility index (Phi) is 1.86. The van der Waals surface area contributed by atoms with E-state index < -0.39 is 0 Å². The average molecular weight is 272 g/mol. The Balaban J connectivity index is 2.35. The van der Waals surface area contributed by atoms with Crippen molar-refractivity contribution in [3.05, 3.63) is 54.2 Å². The van der Waals surface area contributed by atoms with Crippen LogP contribution in [0.15, 0.2) is 53.1 Å². The Morgan fingerprint density at radius 2 is 1.62 bits per heavy atom. The van der Waals surface area contributed by atoms with Gasteiger partial charge in [-0.1, -0.05) is 18.2 Å². The smallest absolute Gasteiger partial charge is 0.221 e. The molecule has 0 unspecified atom stereocenters. The third kappa shape index (κ3) is 1.21. The van der Waals surface area contributed by atoms with Crippen LogP contribution in [0.4, 0.5) is 0 Å². The van der Waals surface area contributed by atoms with Crippen LogP contribution in [-0.2, 0) is 7.05 Å². The normalized spacial score (nSPS) is 12.3. The largest absolute Gasteiger partial charge is 0.456 e. The van der Waals surface area contributed by atoms with E-state index in [1.54, 1.807) is 0 Å². The number of hydrogen-bond acceptors (Lipinski definition) is 1. The Labute approximate surface area is 121 Å². The van der Waals surface area contributed by atoms with Gasteiger partial charge in [0.15, 0.2) is 6.20 Å². The van der Waals surface area contributed by atoms with E-state index in [-0.39, 0.29) is 0 Å². The van der Waals surface area contributed by atoms with Crippen LogP contribution in [0.5, 0.6) is 0 Å². The summed E-state index contributed by atoms with van der Waals surface area (Å²) in [5.74, 6) is 0. The second-order valence-electron chi connectivity index (χ2n) is 5.79. The third-order valence-corrected chi connectivity index (χ3v) is 4.58. The Bertz CT molecular complexity index is 1150. The highest BCUT2D eigenvalue weighted by Gasteiger charge is 2.22. The summed E-state index contributed by atoms with van der Waals surface area (Å²) >= 11 is 0. The third-order valence-electron chi connectivity index (χ3n) is 4.58. The highest BCUT2D eigenvalue weighted by Crippen LogP contribution is 2.42. The minimum atomic E-state index is 0.978. The zero-order valence-electron chi connectivity index (χ0n) is 12.0. The van der Waals surface area contributed by atoms with Gasteiger partial charge < -0.3 is 4.42 Å². The van der Waals surface area contributed by atoms with Gasteiger partial charge in [0.1, 0.15) is 18.2 Å². The van der Waals surface area contributed by atoms with Gasteiger partial charge in [-0.3, -0.25) is 0 Å². The summed E-state index contributed by atoms with van der Waals surface area (Å²) in [7, 11) is 2.11. The molecule has 2 nitrogen and oxygen atoms in total. The number of hydrogen-bond donors (Lipinski definition) is 0. The molecular weight excluding hydrogens is 258 g/mol. The molecule has 0 N–H and O–H groups in total. The first kappa shape index (κ1) is 11.1. The lowest BCUT2D eigenvalue weighted by molar-refractivity contribution is -0.644. The van der Waals surface area contributed by atoms with E-state index in [0.717, 1.165) is 11.2 Å². The quantitative estimate of drug-likeness (QED) is 0.300. The van der Waals surface area contributed by atoms with Gasteiger partial charge in [-0.15, -0.1) is 0 Å². The molecule has 2 heterocycles. The number of fused-ring (bicyclic) bond motifs is 3. The predicted molar refractivity (Wildman–Crippen MR) is 85.8 cm³/mol. The molecule has 5 rings (SSSR count). The molecule has 0 aliphatic carbocycles. The minimum Gasteiger partial charge on any atom is -0.456 e. The number of rotatable bonds is 0. The van der Waals surface area contributed by atoms with Crippen molar-refractivity contribution in [1.82, 2.24) is 0 Å². The summed E-state index contributed by atoms with van der Waals surface area (Å²) < 4.78 is 8.29. The van der Waals surface area contributed by atoms with Crippen molar-refractivity contribution in [3.63, 3.8) is 0 Å². The summed E-state index contributed by atoms with van der Waals surface area (Å²) in [6, 6.07) is 14.9. The lowest BCUT2D eigenvalue weighted by Gasteiger charge is -2.07. The standard InChI is InChI=1S/C19H14NO/c1-11-8-9-15-18-16(11)19-13(6-4-10-20(19)2)12-5-3-7-14(21-15)17(12)18/h3-10H,1-2H3/q+1. The van der Waals surface area contributed by atoms with Crippen molar-refractivity contribution in [2.45, 2.75) is 6.92 Å². The highest BCUT2D eigenvalue weighted by atomic mass is 16.3. The van der Waals surface area contributed by atoms with E-state index in [1.165, 1.54) is 38.0 Å². The SMILES string of the molecule is Cc1ccc2oc3cccc4c5ccc[n+](C)c5c1c2c34. The molecule has 2 aromatic heterocycles. The van der Waals surface area contributed by atoms with Crippen LogP contribution in [0.3, 0.4) is 0 Å². The fourth-order valence-corrected chi connectivity index (χ4v) is 3.68. The summed E-state index contributed by atoms with van der Waals surface area (Å²) in [4.78, 5) is 0. The minimum absolute atomic E-state index is 0.978. The molecule has 5 aromatic rings. The molecule has 0 radical (unpaired) electrons. The van der Waals surface area contributed by atoms with Gasteiger partial charge in [0, 0.05) is 22.2 Å². The van der Waals surface area contributed by atoms with Crippen molar-refractivity contribution in [3.8, 4) is 0 Å². The molecule has 2 heteroatoms. The molecule has 0 bridgehead atoms. The maximum absolute atomic E-state index is 6.07. The van der Waals surface area contributed by atoms with Gasteiger partial charge in [-0.2, -0.15) is 0 Å². The Morgan fingerprint density at radius 1 is 0.810 bits per heavy atom. The van der Waals surface area contributed by atoms with Crippen LogP contribution in [0.1, 0.15) is 5.56 Å². The molecule has 0 fully saturated rings. The van der Waals surface area contributed by atoms with Gasteiger partial charge in [0.05, 0.1) is 10.8 Å². The summed E-state index contributed by atoms with van der Waals surface area (Å²) in [5.41, 5.74) is 4.53. The fraction of sp³-hybridized carbons (Fsp3) is 0.105. The van der Waals surface area contributed by atoms with E-state index in [2.05, 4.69) is 67.2 Å². The number of furan rings is 1. The number of aryl methyl sites for hydroxylation is 2. The van der Waals surface area contributed by atoms with Gasteiger partial charge in [0.25, 0.3) is 0 Å². The van der Waals surface area contributed by atoms with Gasteiger partial charge in [-0.05, 0) is 30.7 Å². The lowest BCUT2D eigenvalue weighted by atomic mass is 9.94. The van der Waals surface area contributed by atoms with Crippen LogP contribution < -0.4 is 4.57 Å². The van der Waals surface area contributed by atoms with Crippen LogP contribution >= 0.6 is 0 Å². The van der Waals surface area contributed by atoms with Crippen LogP contribution in [0.2, 0.25) is 0 Å². The zero-order chi connectivity index (χ0) is 14.1. The monoisotopic (exact) mass is 272 g/mol. The maximum atomic E-state index is 6.07. The van der Waals surface area contributed by atoms with E-state index in [4.69, 9.17) is 4.42 Å². The molecule has 0 aliphatic heterocycles. The maximum Gasteiger partial charge on any atom is 0.221 e. The van der Waals surface area contributed by atoms with E-state index in [9.17, 15) is 0 Å². The van der Waals surface area contributed by atoms with E-state index in [0.29, 0.717) is 0 Å². The fourth-order valence-electron chi connectivity index (χ4n) is 3.68. The number of pyridine rings is 1. The zero-order valence-corrected chi connectivity index (χ0v) is 12.0. The molecule has 0 spiro atoms. The van der Waals surface area contributed by atoms with Crippen LogP contribution in [-0.4, -0.2) is 0 Å². The first-order valence-corrected chi connectivity index (χ1v) is 7.20. The van der Waals surface area contributed by atoms with E-state index >= 15 is 0 Å². The molecule has 0 aliphatic rings. The van der Waals surface area contributed by atoms with Crippen molar-refractivity contribution >= 4 is 43.6 Å². The highest BCUT2D eigenvalue weighted by molar-refractivity contribution is 6.32. The van der Waals surface area contributed by atoms with Crippen molar-refractivity contribution in [1.29, 1.82) is 0 Å². The van der Waals surface area contributed by atoms with E-state index in [1.807, 2.05) is 0 Å². The molecule has 21 heavy (non-hydrogen) atoms. The number of benzene rings is 3. The Morgan fingerprint density at radius 3 is 2.52 bits per heavy atom. The predicted octanol–water partition coefficient (Wildman–Crippen LogP) is 4.46. The second-order valence-corrected chi connectivity index (χ2v) is 5.79. The van der Waals surface area contributed by atoms with Crippen LogP contribution in [0.25, 0.3) is 43.6 Å². The first-order chi connectivity index (χ1) is 10.3. The summed E-state index contributed by atoms with van der Waals surface area (Å²) in [6.45, 7) is 2.18. The van der Waals surface area contributed by atoms with Crippen molar-refractivity contribution < 1.29 is 8.98 Å². The molecular formula is C19H14NO+. The molecule has 100 valence electrons. The van der Waals surface area contributed by atoms with Gasteiger partial charge in [-0.25, -0.2) is 4.57 Å². The van der Waals surface area contributed by atoms with Gasteiger partial charge >= 0.3 is 0 Å². The molecule has 0 amide bonds. The second kappa shape index (κ2) is 3.53. The molecule has 0 saturated carbocycles. The summed E-state index contributed by atoms with van der Waals surface area (Å²) in [5, 5.41) is 6.38. The summed E-state index contributed by atoms with van der Waals surface area (Å²) in [6.07, 6.45) is 2.11. The molecule has 0 saturated heterocycles. The molecule has 3 aromatic carbocycles. The van der Waals surface area contributed by atoms with Crippen molar-refractivity contribution in [2.24, 2.45) is 7.05 Å². The number of nitrogens with zero attached hydrogens (tertiary/aromatic N) is 1. The number of aromatic nitrogens is 1. The van der Waals surface area contributed by atoms with Crippen LogP contribution in [0, 0.1) is 6.92 Å². The van der Waals surface area contributed by atoms with Gasteiger partial charge in [0.2, 0.25) is 5.52 Å². The Hall–Kier alpha value is -2.61. The van der Waals surface area contributed by atoms with Crippen molar-refractivity contribution in [2.75, 3.05) is 0 Å². The topological polar surface area (TPSA) is 17.0 Å².